The molecule has 2 nitrogen and oxygen atoms in total. The number of hydrogen-bond donors (Lipinski definition) is 0. The lowest BCUT2D eigenvalue weighted by atomic mass is 9.76. The molecule has 1 aliphatic rings. The highest BCUT2D eigenvalue weighted by Gasteiger charge is 2.44. The second-order valence-corrected chi connectivity index (χ2v) is 12.0. The zero-order chi connectivity index (χ0) is 16.6. The fraction of sp³-hybridized carbons (Fsp3) is 0.737. The molecule has 0 N–H and O–H groups in total. The topological polar surface area (TPSA) is 26.3 Å². The molecule has 0 bridgehead atoms. The second kappa shape index (κ2) is 8.83. The number of carbonyl (C=O) groups excluding carboxylic acids is 1. The summed E-state index contributed by atoms with van der Waals surface area (Å²) in [5.41, 5.74) is -0.616. The van der Waals surface area contributed by atoms with Crippen molar-refractivity contribution in [2.45, 2.75) is 83.0 Å². The van der Waals surface area contributed by atoms with Crippen LogP contribution in [0.5, 0.6) is 0 Å². The molecule has 126 valence electrons. The highest BCUT2D eigenvalue weighted by Crippen LogP contribution is 2.36. The third-order valence-electron chi connectivity index (χ3n) is 4.43. The van der Waals surface area contributed by atoms with E-state index in [1.165, 1.54) is 19.3 Å². The molecule has 0 aromatic carbocycles. The summed E-state index contributed by atoms with van der Waals surface area (Å²) in [6.45, 7) is 14.2. The van der Waals surface area contributed by atoms with Crippen LogP contribution in [0.15, 0.2) is 25.3 Å². The second-order valence-electron chi connectivity index (χ2n) is 7.56. The van der Waals surface area contributed by atoms with Crippen LogP contribution in [0.3, 0.4) is 0 Å². The van der Waals surface area contributed by atoms with Crippen molar-refractivity contribution in [3.63, 3.8) is 0 Å². The predicted molar refractivity (Wildman–Crippen MR) is 97.6 cm³/mol. The Labute approximate surface area is 138 Å². The Bertz CT molecular complexity index is 363. The van der Waals surface area contributed by atoms with Crippen LogP contribution in [-0.2, 0) is 9.22 Å². The molecule has 1 saturated carbocycles. The maximum Gasteiger partial charge on any atom is 0.185 e. The fourth-order valence-electron chi connectivity index (χ4n) is 3.52. The van der Waals surface area contributed by atoms with Gasteiger partial charge in [-0.2, -0.15) is 0 Å². The fourth-order valence-corrected chi connectivity index (χ4v) is 4.99. The van der Waals surface area contributed by atoms with Crippen molar-refractivity contribution in [1.29, 1.82) is 0 Å². The third-order valence-corrected chi connectivity index (χ3v) is 5.43. The first-order valence-corrected chi connectivity index (χ1v) is 12.2. The van der Waals surface area contributed by atoms with Gasteiger partial charge in [0, 0.05) is 5.92 Å². The lowest BCUT2D eigenvalue weighted by Gasteiger charge is -2.41. The van der Waals surface area contributed by atoms with Gasteiger partial charge in [-0.1, -0.05) is 31.4 Å². The first kappa shape index (κ1) is 19.4. The molecule has 1 fully saturated rings. The van der Waals surface area contributed by atoms with Crippen molar-refractivity contribution in [3.8, 4) is 0 Å². The van der Waals surface area contributed by atoms with E-state index in [0.717, 1.165) is 38.5 Å². The first-order chi connectivity index (χ1) is 10.3. The molecule has 22 heavy (non-hydrogen) atoms. The summed E-state index contributed by atoms with van der Waals surface area (Å²) in [7, 11) is -1.81. The number of allylic oxidation sites excluding steroid dienone is 2. The highest BCUT2D eigenvalue weighted by atomic mass is 28.4. The molecule has 0 amide bonds. The summed E-state index contributed by atoms with van der Waals surface area (Å²) in [6.07, 6.45) is 12.7. The van der Waals surface area contributed by atoms with Gasteiger partial charge in [-0.15, -0.1) is 13.2 Å². The molecule has 0 unspecified atom stereocenters. The van der Waals surface area contributed by atoms with E-state index < -0.39 is 13.9 Å². The van der Waals surface area contributed by atoms with Crippen molar-refractivity contribution >= 4 is 14.1 Å². The minimum Gasteiger partial charge on any atom is -0.405 e. The Balaban J connectivity index is 3.03. The number of carbonyl (C=O) groups is 1. The van der Waals surface area contributed by atoms with Gasteiger partial charge in [0.2, 0.25) is 0 Å². The van der Waals surface area contributed by atoms with Gasteiger partial charge in [0.15, 0.2) is 14.1 Å². The molecular formula is C19H34O2Si. The molecule has 0 aromatic rings. The number of rotatable bonds is 10. The maximum absolute atomic E-state index is 13.3. The molecular weight excluding hydrogens is 288 g/mol. The molecule has 1 aliphatic carbocycles. The molecule has 3 heteroatoms. The quantitative estimate of drug-likeness (QED) is 0.383. The van der Waals surface area contributed by atoms with Crippen LogP contribution in [0.25, 0.3) is 0 Å². The third kappa shape index (κ3) is 5.84. The largest absolute Gasteiger partial charge is 0.405 e. The average molecular weight is 323 g/mol. The van der Waals surface area contributed by atoms with Gasteiger partial charge < -0.3 is 4.43 Å². The lowest BCUT2D eigenvalue weighted by Crippen LogP contribution is -2.51. The minimum atomic E-state index is -1.81. The average Bonchev–Trinajstić information content (AvgIpc) is 2.49. The molecule has 0 radical (unpaired) electrons. The lowest BCUT2D eigenvalue weighted by molar-refractivity contribution is -0.142. The van der Waals surface area contributed by atoms with E-state index in [9.17, 15) is 4.79 Å². The molecule has 0 aliphatic heterocycles. The summed E-state index contributed by atoms with van der Waals surface area (Å²) in [5, 5.41) is 0. The Kier molecular flexibility index (Phi) is 7.77. The van der Waals surface area contributed by atoms with Gasteiger partial charge >= 0.3 is 0 Å². The van der Waals surface area contributed by atoms with Gasteiger partial charge in [-0.05, 0) is 58.2 Å². The van der Waals surface area contributed by atoms with E-state index in [0.29, 0.717) is 5.78 Å². The van der Waals surface area contributed by atoms with Crippen molar-refractivity contribution in [2.75, 3.05) is 0 Å². The highest BCUT2D eigenvalue weighted by molar-refractivity contribution is 6.70. The van der Waals surface area contributed by atoms with Gasteiger partial charge in [-0.3, -0.25) is 4.79 Å². The summed E-state index contributed by atoms with van der Waals surface area (Å²) in [6, 6.07) is 0. The number of ketones is 1. The summed E-state index contributed by atoms with van der Waals surface area (Å²) >= 11 is 0. The van der Waals surface area contributed by atoms with Crippen LogP contribution in [-0.4, -0.2) is 19.7 Å². The van der Waals surface area contributed by atoms with Gasteiger partial charge in [0.1, 0.15) is 5.60 Å². The number of hydrogen-bond acceptors (Lipinski definition) is 2. The SMILES string of the molecule is C=CCCC(CCC=C)(O[Si](C)(C)C)C(=O)C1CCCCC1. The van der Waals surface area contributed by atoms with E-state index in [4.69, 9.17) is 4.43 Å². The Morgan fingerprint density at radius 3 is 2.00 bits per heavy atom. The normalized spacial score (nSPS) is 17.2. The van der Waals surface area contributed by atoms with Crippen LogP contribution >= 0.6 is 0 Å². The van der Waals surface area contributed by atoms with E-state index in [1.54, 1.807) is 0 Å². The molecule has 0 spiro atoms. The van der Waals surface area contributed by atoms with Crippen molar-refractivity contribution in [1.82, 2.24) is 0 Å². The summed E-state index contributed by atoms with van der Waals surface area (Å²) < 4.78 is 6.54. The smallest absolute Gasteiger partial charge is 0.185 e. The standard InChI is InChI=1S/C19H34O2Si/c1-6-8-15-19(16-9-7-2,21-22(3,4)5)18(20)17-13-11-10-12-14-17/h6-7,17H,1-2,8-16H2,3-5H3. The predicted octanol–water partition coefficient (Wildman–Crippen LogP) is 5.66. The maximum atomic E-state index is 13.3. The van der Waals surface area contributed by atoms with Crippen LogP contribution in [0.2, 0.25) is 19.6 Å². The van der Waals surface area contributed by atoms with Crippen LogP contribution < -0.4 is 0 Å². The Morgan fingerprint density at radius 2 is 1.59 bits per heavy atom. The van der Waals surface area contributed by atoms with Crippen molar-refractivity contribution in [3.05, 3.63) is 25.3 Å². The zero-order valence-corrected chi connectivity index (χ0v) is 15.8. The first-order valence-electron chi connectivity index (χ1n) is 8.81. The minimum absolute atomic E-state index is 0.194. The van der Waals surface area contributed by atoms with E-state index in [-0.39, 0.29) is 5.92 Å². The van der Waals surface area contributed by atoms with E-state index in [1.807, 2.05) is 12.2 Å². The number of Topliss-reactive ketones (excluding diaryl/α,β-unsaturated/α-hetero) is 1. The van der Waals surface area contributed by atoms with E-state index >= 15 is 0 Å². The zero-order valence-electron chi connectivity index (χ0n) is 14.8. The van der Waals surface area contributed by atoms with Gasteiger partial charge in [0.05, 0.1) is 0 Å². The van der Waals surface area contributed by atoms with E-state index in [2.05, 4.69) is 32.8 Å². The molecule has 1 rings (SSSR count). The van der Waals surface area contributed by atoms with Crippen molar-refractivity contribution < 1.29 is 9.22 Å². The van der Waals surface area contributed by atoms with Gasteiger partial charge in [0.25, 0.3) is 0 Å². The molecule has 0 saturated heterocycles. The van der Waals surface area contributed by atoms with Gasteiger partial charge in [-0.25, -0.2) is 0 Å². The van der Waals surface area contributed by atoms with Crippen LogP contribution in [0.4, 0.5) is 0 Å². The summed E-state index contributed by atoms with van der Waals surface area (Å²) in [5.74, 6) is 0.554. The molecule has 0 heterocycles. The monoisotopic (exact) mass is 322 g/mol. The molecule has 0 atom stereocenters. The Morgan fingerprint density at radius 1 is 1.09 bits per heavy atom. The molecule has 0 aromatic heterocycles. The summed E-state index contributed by atoms with van der Waals surface area (Å²) in [4.78, 5) is 13.3. The van der Waals surface area contributed by atoms with Crippen LogP contribution in [0.1, 0.15) is 57.8 Å². The van der Waals surface area contributed by atoms with Crippen LogP contribution in [0, 0.1) is 5.92 Å². The van der Waals surface area contributed by atoms with Crippen molar-refractivity contribution in [2.24, 2.45) is 5.92 Å². The Hall–Kier alpha value is -0.673.